The Hall–Kier alpha value is -0.900. The van der Waals surface area contributed by atoms with Gasteiger partial charge in [0.2, 0.25) is 5.89 Å². The summed E-state index contributed by atoms with van der Waals surface area (Å²) < 4.78 is 5.08. The first-order valence-corrected chi connectivity index (χ1v) is 4.57. The van der Waals surface area contributed by atoms with E-state index in [1.807, 2.05) is 27.9 Å². The van der Waals surface area contributed by atoms with Gasteiger partial charge in [-0.25, -0.2) is 0 Å². The van der Waals surface area contributed by atoms with Gasteiger partial charge in [-0.1, -0.05) is 19.0 Å². The fraction of sp³-hybridized carbons (Fsp3) is 0.778. The van der Waals surface area contributed by atoms with E-state index in [9.17, 15) is 0 Å². The Morgan fingerprint density at radius 2 is 2.08 bits per heavy atom. The second kappa shape index (κ2) is 4.37. The first-order valence-electron chi connectivity index (χ1n) is 4.57. The highest BCUT2D eigenvalue weighted by molar-refractivity contribution is 4.90. The van der Waals surface area contributed by atoms with Gasteiger partial charge in [-0.15, -0.1) is 0 Å². The molecule has 0 atom stereocenters. The van der Waals surface area contributed by atoms with E-state index in [0.717, 1.165) is 24.7 Å². The summed E-state index contributed by atoms with van der Waals surface area (Å²) in [6.07, 6.45) is 0.850. The van der Waals surface area contributed by atoms with Crippen LogP contribution >= 0.6 is 0 Å². The van der Waals surface area contributed by atoms with Crippen LogP contribution in [-0.2, 0) is 6.42 Å². The first-order chi connectivity index (χ1) is 6.09. The van der Waals surface area contributed by atoms with Crippen LogP contribution in [0.3, 0.4) is 0 Å². The van der Waals surface area contributed by atoms with Crippen LogP contribution in [0.25, 0.3) is 0 Å². The molecule has 0 unspecified atom stereocenters. The van der Waals surface area contributed by atoms with Crippen LogP contribution in [0, 0.1) is 0 Å². The van der Waals surface area contributed by atoms with Crippen molar-refractivity contribution in [2.75, 3.05) is 20.6 Å². The van der Waals surface area contributed by atoms with E-state index in [0.29, 0.717) is 5.92 Å². The monoisotopic (exact) mass is 183 g/mol. The molecule has 0 aromatic carbocycles. The third-order valence-corrected chi connectivity index (χ3v) is 1.76. The Balaban J connectivity index is 2.49. The SMILES string of the molecule is CC(C)c1nc(CCN(C)C)no1. The number of likely N-dealkylation sites (N-methyl/N-ethyl adjacent to an activating group) is 1. The Kier molecular flexibility index (Phi) is 3.42. The Morgan fingerprint density at radius 1 is 1.38 bits per heavy atom. The number of hydrogen-bond donors (Lipinski definition) is 0. The number of rotatable bonds is 4. The lowest BCUT2D eigenvalue weighted by Gasteiger charge is -2.05. The van der Waals surface area contributed by atoms with E-state index in [4.69, 9.17) is 4.52 Å². The Bertz CT molecular complexity index is 255. The van der Waals surface area contributed by atoms with E-state index in [-0.39, 0.29) is 0 Å². The molecule has 1 aromatic rings. The van der Waals surface area contributed by atoms with Crippen molar-refractivity contribution < 1.29 is 4.52 Å². The largest absolute Gasteiger partial charge is 0.339 e. The minimum absolute atomic E-state index is 0.320. The summed E-state index contributed by atoms with van der Waals surface area (Å²) in [6.45, 7) is 5.05. The number of aromatic nitrogens is 2. The van der Waals surface area contributed by atoms with Crippen LogP contribution in [0.1, 0.15) is 31.5 Å². The molecule has 0 N–H and O–H groups in total. The lowest BCUT2D eigenvalue weighted by molar-refractivity contribution is 0.355. The Morgan fingerprint density at radius 3 is 2.54 bits per heavy atom. The van der Waals surface area contributed by atoms with Crippen molar-refractivity contribution in [3.8, 4) is 0 Å². The van der Waals surface area contributed by atoms with Gasteiger partial charge in [0.1, 0.15) is 0 Å². The molecule has 1 aromatic heterocycles. The van der Waals surface area contributed by atoms with Gasteiger partial charge in [-0.05, 0) is 14.1 Å². The van der Waals surface area contributed by atoms with Crippen LogP contribution in [0.4, 0.5) is 0 Å². The van der Waals surface area contributed by atoms with Gasteiger partial charge in [0, 0.05) is 18.9 Å². The molecule has 13 heavy (non-hydrogen) atoms. The van der Waals surface area contributed by atoms with E-state index in [1.165, 1.54) is 0 Å². The van der Waals surface area contributed by atoms with Gasteiger partial charge in [0.05, 0.1) is 0 Å². The zero-order valence-electron chi connectivity index (χ0n) is 8.74. The summed E-state index contributed by atoms with van der Waals surface area (Å²) in [6, 6.07) is 0. The van der Waals surface area contributed by atoms with Gasteiger partial charge >= 0.3 is 0 Å². The van der Waals surface area contributed by atoms with Crippen molar-refractivity contribution >= 4 is 0 Å². The average Bonchev–Trinajstić information content (AvgIpc) is 2.48. The molecule has 0 saturated carbocycles. The minimum Gasteiger partial charge on any atom is -0.339 e. The van der Waals surface area contributed by atoms with Crippen molar-refractivity contribution in [2.45, 2.75) is 26.2 Å². The second-order valence-corrected chi connectivity index (χ2v) is 3.76. The molecule has 0 aliphatic heterocycles. The molecule has 0 fully saturated rings. The zero-order chi connectivity index (χ0) is 9.84. The molecule has 74 valence electrons. The molecule has 0 bridgehead atoms. The molecule has 1 heterocycles. The smallest absolute Gasteiger partial charge is 0.229 e. The fourth-order valence-electron chi connectivity index (χ4n) is 0.927. The summed E-state index contributed by atoms with van der Waals surface area (Å²) in [5, 5.41) is 3.90. The van der Waals surface area contributed by atoms with E-state index in [2.05, 4.69) is 15.0 Å². The zero-order valence-corrected chi connectivity index (χ0v) is 8.74. The first kappa shape index (κ1) is 10.2. The average molecular weight is 183 g/mol. The molecule has 0 aliphatic carbocycles. The number of nitrogens with zero attached hydrogens (tertiary/aromatic N) is 3. The highest BCUT2D eigenvalue weighted by atomic mass is 16.5. The fourth-order valence-corrected chi connectivity index (χ4v) is 0.927. The van der Waals surface area contributed by atoms with Crippen LogP contribution < -0.4 is 0 Å². The van der Waals surface area contributed by atoms with Gasteiger partial charge < -0.3 is 9.42 Å². The summed E-state index contributed by atoms with van der Waals surface area (Å²) in [5.74, 6) is 1.85. The van der Waals surface area contributed by atoms with Crippen LogP contribution in [0.5, 0.6) is 0 Å². The van der Waals surface area contributed by atoms with Gasteiger partial charge in [0.15, 0.2) is 5.82 Å². The van der Waals surface area contributed by atoms with Crippen molar-refractivity contribution in [3.63, 3.8) is 0 Å². The maximum Gasteiger partial charge on any atom is 0.229 e. The molecule has 4 nitrogen and oxygen atoms in total. The van der Waals surface area contributed by atoms with Gasteiger partial charge in [0.25, 0.3) is 0 Å². The van der Waals surface area contributed by atoms with Crippen molar-refractivity contribution in [1.29, 1.82) is 0 Å². The summed E-state index contributed by atoms with van der Waals surface area (Å²) in [4.78, 5) is 6.38. The molecule has 0 spiro atoms. The molecule has 0 aliphatic rings. The summed E-state index contributed by atoms with van der Waals surface area (Å²) in [7, 11) is 4.06. The van der Waals surface area contributed by atoms with Crippen LogP contribution in [0.2, 0.25) is 0 Å². The minimum atomic E-state index is 0.320. The highest BCUT2D eigenvalue weighted by Crippen LogP contribution is 2.10. The molecule has 1 rings (SSSR count). The van der Waals surface area contributed by atoms with Crippen molar-refractivity contribution in [1.82, 2.24) is 15.0 Å². The molecular formula is C9H17N3O. The van der Waals surface area contributed by atoms with E-state index in [1.54, 1.807) is 0 Å². The van der Waals surface area contributed by atoms with Crippen LogP contribution in [0.15, 0.2) is 4.52 Å². The molecule has 0 saturated heterocycles. The third-order valence-electron chi connectivity index (χ3n) is 1.76. The third kappa shape index (κ3) is 3.14. The maximum absolute atomic E-state index is 5.08. The lowest BCUT2D eigenvalue weighted by atomic mass is 10.2. The second-order valence-electron chi connectivity index (χ2n) is 3.76. The predicted octanol–water partition coefficient (Wildman–Crippen LogP) is 1.30. The van der Waals surface area contributed by atoms with Crippen molar-refractivity contribution in [2.24, 2.45) is 0 Å². The van der Waals surface area contributed by atoms with Crippen LogP contribution in [-0.4, -0.2) is 35.7 Å². The van der Waals surface area contributed by atoms with E-state index >= 15 is 0 Å². The molecule has 0 radical (unpaired) electrons. The highest BCUT2D eigenvalue weighted by Gasteiger charge is 2.09. The predicted molar refractivity (Wildman–Crippen MR) is 50.6 cm³/mol. The Labute approximate surface area is 78.9 Å². The summed E-state index contributed by atoms with van der Waals surface area (Å²) in [5.41, 5.74) is 0. The van der Waals surface area contributed by atoms with Gasteiger partial charge in [-0.3, -0.25) is 0 Å². The normalized spacial score (nSPS) is 11.5. The van der Waals surface area contributed by atoms with E-state index < -0.39 is 0 Å². The van der Waals surface area contributed by atoms with Crippen molar-refractivity contribution in [3.05, 3.63) is 11.7 Å². The van der Waals surface area contributed by atoms with Gasteiger partial charge in [-0.2, -0.15) is 4.98 Å². The molecule has 4 heteroatoms. The molecular weight excluding hydrogens is 166 g/mol. The molecule has 0 amide bonds. The summed E-state index contributed by atoms with van der Waals surface area (Å²) >= 11 is 0. The standard InChI is InChI=1S/C9H17N3O/c1-7(2)9-10-8(11-13-9)5-6-12(3)4/h7H,5-6H2,1-4H3. The lowest BCUT2D eigenvalue weighted by Crippen LogP contribution is -2.15. The quantitative estimate of drug-likeness (QED) is 0.705. The number of hydrogen-bond acceptors (Lipinski definition) is 4. The maximum atomic E-state index is 5.08. The topological polar surface area (TPSA) is 42.2 Å².